The summed E-state index contributed by atoms with van der Waals surface area (Å²) in [5, 5.41) is 0. The second kappa shape index (κ2) is 15.5. The van der Waals surface area contributed by atoms with Crippen LogP contribution >= 0.6 is 17.0 Å². The van der Waals surface area contributed by atoms with E-state index in [0.717, 1.165) is 22.1 Å². The zero-order valence-electron chi connectivity index (χ0n) is 35.3. The molecule has 2 atom stereocenters. The summed E-state index contributed by atoms with van der Waals surface area (Å²) >= 11 is -4.83. The van der Waals surface area contributed by atoms with E-state index < -0.39 is 21.5 Å². The fourth-order valence-electron chi connectivity index (χ4n) is 10.3. The maximum absolute atomic E-state index is 8.61. The van der Waals surface area contributed by atoms with Gasteiger partial charge in [-0.3, -0.25) is 0 Å². The first-order valence-electron chi connectivity index (χ1n) is 20.7. The number of benzene rings is 6. The molecule has 0 saturated carbocycles. The Balaban J connectivity index is 1.13. The number of quaternary nitrogens is 2. The van der Waals surface area contributed by atoms with Crippen LogP contribution in [-0.2, 0) is 28.6 Å². The third-order valence-electron chi connectivity index (χ3n) is 13.4. The molecule has 0 amide bonds. The van der Waals surface area contributed by atoms with Gasteiger partial charge in [-0.05, 0) is 0 Å². The molecule has 0 aliphatic heterocycles. The number of rotatable bonds is 11. The molecule has 0 aromatic heterocycles. The van der Waals surface area contributed by atoms with Gasteiger partial charge in [-0.15, -0.1) is 0 Å². The van der Waals surface area contributed by atoms with Crippen molar-refractivity contribution in [3.8, 4) is 22.3 Å². The predicted octanol–water partition coefficient (Wildman–Crippen LogP) is 14.2. The molecule has 0 heterocycles. The minimum atomic E-state index is -4.83. The van der Waals surface area contributed by atoms with E-state index in [1.807, 2.05) is 0 Å². The second-order valence-electron chi connectivity index (χ2n) is 18.4. The van der Waals surface area contributed by atoms with Crippen LogP contribution in [0.5, 0.6) is 0 Å². The second-order valence-corrected chi connectivity index (χ2v) is 60.9. The van der Waals surface area contributed by atoms with E-state index >= 15 is 0 Å². The van der Waals surface area contributed by atoms with Crippen molar-refractivity contribution >= 4 is 46.5 Å². The molecule has 2 unspecified atom stereocenters. The van der Waals surface area contributed by atoms with Crippen molar-refractivity contribution in [3.63, 3.8) is 0 Å². The van der Waals surface area contributed by atoms with Crippen molar-refractivity contribution in [1.82, 2.24) is 8.97 Å². The van der Waals surface area contributed by atoms with Gasteiger partial charge in [-0.25, -0.2) is 0 Å². The molecule has 2 aliphatic rings. The normalized spacial score (nSPS) is 17.3. The van der Waals surface area contributed by atoms with Gasteiger partial charge in [-0.2, -0.15) is 0 Å². The third-order valence-corrected chi connectivity index (χ3v) is 65.6. The monoisotopic (exact) mass is 897 g/mol. The molecule has 2 aliphatic carbocycles. The van der Waals surface area contributed by atoms with Crippen LogP contribution < -0.4 is 8.97 Å². The Bertz CT molecular complexity index is 2370. The van der Waals surface area contributed by atoms with Gasteiger partial charge in [0.15, 0.2) is 0 Å². The number of allylic oxidation sites excluding steroid dienone is 2. The molecule has 295 valence electrons. The summed E-state index contributed by atoms with van der Waals surface area (Å²) < 4.78 is 1.67. The maximum atomic E-state index is 8.61. The number of halogens is 2. The summed E-state index contributed by atoms with van der Waals surface area (Å²) in [5.74, 6) is -1.65. The van der Waals surface area contributed by atoms with Crippen LogP contribution in [0.2, 0.25) is 13.1 Å². The van der Waals surface area contributed by atoms with Gasteiger partial charge in [0.05, 0.1) is 0 Å². The van der Waals surface area contributed by atoms with Crippen molar-refractivity contribution in [1.29, 1.82) is 0 Å². The molecule has 6 heteroatoms. The van der Waals surface area contributed by atoms with E-state index in [2.05, 4.69) is 213 Å². The molecular weight excluding hydrogens is 843 g/mol. The Morgan fingerprint density at radius 1 is 0.483 bits per heavy atom. The van der Waals surface area contributed by atoms with Crippen LogP contribution in [0.3, 0.4) is 0 Å². The molecule has 6 aromatic carbocycles. The third kappa shape index (κ3) is 7.23. The molecule has 2 nitrogen and oxygen atoms in total. The van der Waals surface area contributed by atoms with Crippen molar-refractivity contribution in [3.05, 3.63) is 190 Å². The van der Waals surface area contributed by atoms with Crippen molar-refractivity contribution in [2.75, 3.05) is 28.2 Å². The molecule has 0 radical (unpaired) electrons. The van der Waals surface area contributed by atoms with Crippen LogP contribution in [0.25, 0.3) is 34.4 Å². The summed E-state index contributed by atoms with van der Waals surface area (Å²) in [6, 6.07) is 53.6. The van der Waals surface area contributed by atoms with Gasteiger partial charge in [0.2, 0.25) is 0 Å². The Kier molecular flexibility index (Phi) is 11.0. The summed E-state index contributed by atoms with van der Waals surface area (Å²) in [7, 11) is 26.4. The number of fused-ring (bicyclic) bond motifs is 2. The van der Waals surface area contributed by atoms with E-state index in [1.54, 1.807) is 0 Å². The number of hydrogen-bond acceptors (Lipinski definition) is 0. The number of nitrogens with zero attached hydrogens (tertiary/aromatic N) is 2. The molecule has 0 spiro atoms. The van der Waals surface area contributed by atoms with Gasteiger partial charge in [0.1, 0.15) is 0 Å². The van der Waals surface area contributed by atoms with Crippen LogP contribution in [0.1, 0.15) is 54.5 Å². The molecule has 58 heavy (non-hydrogen) atoms. The zero-order chi connectivity index (χ0) is 41.1. The molecule has 0 N–H and O–H groups in total. The Morgan fingerprint density at radius 3 is 1.19 bits per heavy atom. The van der Waals surface area contributed by atoms with Crippen LogP contribution in [0.15, 0.2) is 157 Å². The van der Waals surface area contributed by atoms with Gasteiger partial charge in [-0.1, -0.05) is 36.4 Å². The van der Waals surface area contributed by atoms with E-state index in [4.69, 9.17) is 17.0 Å². The van der Waals surface area contributed by atoms with Gasteiger partial charge in [0, 0.05) is 0 Å². The predicted molar refractivity (Wildman–Crippen MR) is 255 cm³/mol. The van der Waals surface area contributed by atoms with Crippen molar-refractivity contribution in [2.45, 2.75) is 47.3 Å². The van der Waals surface area contributed by atoms with E-state index in [1.165, 1.54) is 78.2 Å². The van der Waals surface area contributed by atoms with E-state index in [9.17, 15) is 0 Å². The zero-order valence-corrected chi connectivity index (χ0v) is 40.4. The summed E-state index contributed by atoms with van der Waals surface area (Å²) in [6.07, 6.45) is 4.83. The average molecular weight is 900 g/mol. The fourth-order valence-corrected chi connectivity index (χ4v) is 43.2. The van der Waals surface area contributed by atoms with Crippen LogP contribution in [0, 0.1) is 0 Å². The summed E-state index contributed by atoms with van der Waals surface area (Å²) in [4.78, 5) is 0. The Hall–Kier alpha value is -3.60. The Morgan fingerprint density at radius 2 is 0.845 bits per heavy atom. The Labute approximate surface area is 356 Å². The minimum absolute atomic E-state index is 0.0546. The van der Waals surface area contributed by atoms with E-state index in [-0.39, 0.29) is 7.25 Å². The van der Waals surface area contributed by atoms with Crippen LogP contribution in [0.4, 0.5) is 11.4 Å². The van der Waals surface area contributed by atoms with Crippen LogP contribution in [-0.4, -0.2) is 34.1 Å². The fraction of sp³-hybridized carbons (Fsp3) is 0.231. The summed E-state index contributed by atoms with van der Waals surface area (Å²) in [5.41, 5.74) is 18.1. The van der Waals surface area contributed by atoms with Crippen molar-refractivity contribution < 1.29 is 15.6 Å². The molecule has 8 rings (SSSR count). The molecular formula is C52H57Cl2N2SiZr+2. The molecule has 6 aromatic rings. The van der Waals surface area contributed by atoms with Gasteiger partial charge >= 0.3 is 322 Å². The van der Waals surface area contributed by atoms with Gasteiger partial charge < -0.3 is 0 Å². The standard InChI is InChI=1S/2C25H25N.C2H7Si.2ClH.Zr/c2*1-19-16-22-10-7-11-24(25(22)17-19)21-12-14-23(15-13-21)26(2,3)18-20-8-5-4-6-9-20;1-3-2;;;/h2*4-17H,18H2,1-3H3;3H,1-2H3;2*1H;/q2*+1;;;;+2/p-2. The number of hydrogen-bond donors (Lipinski definition) is 0. The first kappa shape index (κ1) is 41.1. The average Bonchev–Trinajstić information content (AvgIpc) is 3.75. The molecule has 0 fully saturated rings. The molecule has 0 bridgehead atoms. The first-order chi connectivity index (χ1) is 27.6. The topological polar surface area (TPSA) is 0 Å². The molecule has 0 saturated heterocycles. The summed E-state index contributed by atoms with van der Waals surface area (Å²) in [6.45, 7) is 11.3. The quantitative estimate of drug-likeness (QED) is 0.0898. The SMILES string of the molecule is CC1=Cc2c(-c3ccc([N+](C)(C)Cc4ccccc4)cc3)cccc2[CH]1[Zr]([Cl])([Cl])([CH]1C(C)=Cc2c(-c3ccc([N+](C)(C)Cc4ccccc4)cc3)cccc21)[SiH](C)C. The van der Waals surface area contributed by atoms with Crippen molar-refractivity contribution in [2.24, 2.45) is 0 Å². The van der Waals surface area contributed by atoms with E-state index in [0.29, 0.717) is 0 Å². The van der Waals surface area contributed by atoms with Gasteiger partial charge in [0.25, 0.3) is 0 Å². The first-order valence-corrected chi connectivity index (χ1v) is 37.0.